The first-order chi connectivity index (χ1) is 9.47. The quantitative estimate of drug-likeness (QED) is 0.790. The van der Waals surface area contributed by atoms with E-state index in [0.717, 1.165) is 15.7 Å². The second-order valence-electron chi connectivity index (χ2n) is 5.06. The summed E-state index contributed by atoms with van der Waals surface area (Å²) in [5.74, 6) is -1.12. The molecule has 3 N–H and O–H groups in total. The van der Waals surface area contributed by atoms with Crippen LogP contribution in [0.3, 0.4) is 0 Å². The number of amides is 2. The van der Waals surface area contributed by atoms with Crippen molar-refractivity contribution in [3.05, 3.63) is 28.2 Å². The molecule has 0 radical (unpaired) electrons. The second kappa shape index (κ2) is 6.26. The fourth-order valence-electron chi connectivity index (χ4n) is 2.42. The minimum absolute atomic E-state index is 0.0661. The standard InChI is InChI=1S/C14H17BrN2O3/c1-8-11(15)3-2-4-12(8)17-14(20)16-10-6-5-9(7-10)13(18)19/h2-4,9-10H,5-7H2,1H3,(H,18,19)(H2,16,17,20)/t9-,10+/m1/s1. The summed E-state index contributed by atoms with van der Waals surface area (Å²) in [4.78, 5) is 22.8. The SMILES string of the molecule is Cc1c(Br)cccc1NC(=O)N[C@H]1CC[C@@H](C(=O)O)C1. The summed E-state index contributed by atoms with van der Waals surface area (Å²) in [6.07, 6.45) is 1.83. The lowest BCUT2D eigenvalue weighted by Crippen LogP contribution is -2.36. The minimum Gasteiger partial charge on any atom is -0.481 e. The van der Waals surface area contributed by atoms with Crippen molar-refractivity contribution in [1.82, 2.24) is 5.32 Å². The predicted molar refractivity (Wildman–Crippen MR) is 79.8 cm³/mol. The van der Waals surface area contributed by atoms with Crippen molar-refractivity contribution in [2.24, 2.45) is 5.92 Å². The maximum absolute atomic E-state index is 11.9. The molecular formula is C14H17BrN2O3. The third kappa shape index (κ3) is 3.50. The Kier molecular flexibility index (Phi) is 4.65. The van der Waals surface area contributed by atoms with Gasteiger partial charge in [0.15, 0.2) is 0 Å². The van der Waals surface area contributed by atoms with Crippen molar-refractivity contribution in [1.29, 1.82) is 0 Å². The zero-order valence-electron chi connectivity index (χ0n) is 11.1. The molecule has 20 heavy (non-hydrogen) atoms. The average Bonchev–Trinajstić information content (AvgIpc) is 2.83. The Morgan fingerprint density at radius 2 is 2.10 bits per heavy atom. The van der Waals surface area contributed by atoms with Crippen LogP contribution >= 0.6 is 15.9 Å². The molecule has 6 heteroatoms. The van der Waals surface area contributed by atoms with Gasteiger partial charge in [0, 0.05) is 16.2 Å². The molecular weight excluding hydrogens is 324 g/mol. The van der Waals surface area contributed by atoms with Gasteiger partial charge in [-0.1, -0.05) is 22.0 Å². The van der Waals surface area contributed by atoms with Gasteiger partial charge in [-0.05, 0) is 43.9 Å². The molecule has 1 aromatic rings. The number of carbonyl (C=O) groups is 2. The maximum Gasteiger partial charge on any atom is 0.319 e. The lowest BCUT2D eigenvalue weighted by molar-refractivity contribution is -0.141. The molecule has 5 nitrogen and oxygen atoms in total. The van der Waals surface area contributed by atoms with Crippen LogP contribution in [0.4, 0.5) is 10.5 Å². The van der Waals surface area contributed by atoms with Gasteiger partial charge < -0.3 is 15.7 Å². The Bertz CT molecular complexity index is 533. The Labute approximate surface area is 125 Å². The summed E-state index contributed by atoms with van der Waals surface area (Å²) in [5, 5.41) is 14.6. The molecule has 1 aromatic carbocycles. The molecule has 2 rings (SSSR count). The third-order valence-electron chi connectivity index (χ3n) is 3.63. The number of hydrogen-bond acceptors (Lipinski definition) is 2. The van der Waals surface area contributed by atoms with Crippen LogP contribution in [-0.4, -0.2) is 23.1 Å². The summed E-state index contributed by atoms with van der Waals surface area (Å²) < 4.78 is 0.933. The van der Waals surface area contributed by atoms with Crippen LogP contribution in [0.2, 0.25) is 0 Å². The van der Waals surface area contributed by atoms with Crippen LogP contribution in [0.25, 0.3) is 0 Å². The Morgan fingerprint density at radius 3 is 2.75 bits per heavy atom. The maximum atomic E-state index is 11.9. The van der Waals surface area contributed by atoms with E-state index in [4.69, 9.17) is 5.11 Å². The highest BCUT2D eigenvalue weighted by Crippen LogP contribution is 2.26. The van der Waals surface area contributed by atoms with Crippen molar-refractivity contribution < 1.29 is 14.7 Å². The molecule has 108 valence electrons. The van der Waals surface area contributed by atoms with Crippen LogP contribution in [0.5, 0.6) is 0 Å². The number of carbonyl (C=O) groups excluding carboxylic acids is 1. The highest BCUT2D eigenvalue weighted by molar-refractivity contribution is 9.10. The lowest BCUT2D eigenvalue weighted by Gasteiger charge is -2.15. The number of aliphatic carboxylic acids is 1. The van der Waals surface area contributed by atoms with Crippen LogP contribution in [-0.2, 0) is 4.79 Å². The first-order valence-corrected chi connectivity index (χ1v) is 7.32. The number of urea groups is 1. The zero-order valence-corrected chi connectivity index (χ0v) is 12.7. The van der Waals surface area contributed by atoms with Gasteiger partial charge in [0.25, 0.3) is 0 Å². The number of nitrogens with one attached hydrogen (secondary N) is 2. The van der Waals surface area contributed by atoms with Gasteiger partial charge in [-0.3, -0.25) is 4.79 Å². The molecule has 0 unspecified atom stereocenters. The fraction of sp³-hybridized carbons (Fsp3) is 0.429. The smallest absolute Gasteiger partial charge is 0.319 e. The van der Waals surface area contributed by atoms with E-state index >= 15 is 0 Å². The van der Waals surface area contributed by atoms with Crippen molar-refractivity contribution in [3.63, 3.8) is 0 Å². The van der Waals surface area contributed by atoms with Gasteiger partial charge in [-0.25, -0.2) is 4.79 Å². The lowest BCUT2D eigenvalue weighted by atomic mass is 10.1. The number of rotatable bonds is 3. The normalized spacial score (nSPS) is 21.5. The monoisotopic (exact) mass is 340 g/mol. The molecule has 1 aliphatic carbocycles. The summed E-state index contributed by atoms with van der Waals surface area (Å²) in [6.45, 7) is 1.91. The third-order valence-corrected chi connectivity index (χ3v) is 4.49. The van der Waals surface area contributed by atoms with Gasteiger partial charge in [0.05, 0.1) is 5.92 Å². The molecule has 0 aromatic heterocycles. The highest BCUT2D eigenvalue weighted by atomic mass is 79.9. The number of carboxylic acid groups (broad SMARTS) is 1. The molecule has 0 bridgehead atoms. The minimum atomic E-state index is -0.780. The molecule has 0 spiro atoms. The Morgan fingerprint density at radius 1 is 1.35 bits per heavy atom. The van der Waals surface area contributed by atoms with Gasteiger partial charge in [0.1, 0.15) is 0 Å². The summed E-state index contributed by atoms with van der Waals surface area (Å²) in [7, 11) is 0. The number of halogens is 1. The predicted octanol–water partition coefficient (Wildman–Crippen LogP) is 3.13. The zero-order chi connectivity index (χ0) is 14.7. The van der Waals surface area contributed by atoms with Crippen molar-refractivity contribution >= 4 is 33.6 Å². The summed E-state index contributed by atoms with van der Waals surface area (Å²) in [6, 6.07) is 5.23. The Balaban J connectivity index is 1.90. The van der Waals surface area contributed by atoms with E-state index < -0.39 is 5.97 Å². The number of carboxylic acids is 1. The van der Waals surface area contributed by atoms with Crippen molar-refractivity contribution in [2.45, 2.75) is 32.2 Å². The van der Waals surface area contributed by atoms with Gasteiger partial charge >= 0.3 is 12.0 Å². The molecule has 0 heterocycles. The summed E-state index contributed by atoms with van der Waals surface area (Å²) in [5.41, 5.74) is 1.70. The van der Waals surface area contributed by atoms with E-state index in [0.29, 0.717) is 19.3 Å². The van der Waals surface area contributed by atoms with Gasteiger partial charge in [0.2, 0.25) is 0 Å². The van der Waals surface area contributed by atoms with E-state index in [1.807, 2.05) is 25.1 Å². The molecule has 2 atom stereocenters. The fourth-order valence-corrected chi connectivity index (χ4v) is 2.79. The van der Waals surface area contributed by atoms with Crippen molar-refractivity contribution in [2.75, 3.05) is 5.32 Å². The van der Waals surface area contributed by atoms with Gasteiger partial charge in [-0.2, -0.15) is 0 Å². The van der Waals surface area contributed by atoms with Crippen LogP contribution in [0.1, 0.15) is 24.8 Å². The average molecular weight is 341 g/mol. The van der Waals surface area contributed by atoms with Gasteiger partial charge in [-0.15, -0.1) is 0 Å². The first kappa shape index (κ1) is 14.8. The highest BCUT2D eigenvalue weighted by Gasteiger charge is 2.30. The van der Waals surface area contributed by atoms with E-state index in [1.54, 1.807) is 0 Å². The molecule has 0 aliphatic heterocycles. The molecule has 2 amide bonds. The molecule has 1 fully saturated rings. The van der Waals surface area contributed by atoms with E-state index in [1.165, 1.54) is 0 Å². The number of benzene rings is 1. The second-order valence-corrected chi connectivity index (χ2v) is 5.91. The number of hydrogen-bond donors (Lipinski definition) is 3. The molecule has 0 saturated heterocycles. The van der Waals surface area contributed by atoms with E-state index in [-0.39, 0.29) is 18.0 Å². The summed E-state index contributed by atoms with van der Waals surface area (Å²) >= 11 is 3.41. The van der Waals surface area contributed by atoms with Crippen molar-refractivity contribution in [3.8, 4) is 0 Å². The largest absolute Gasteiger partial charge is 0.481 e. The van der Waals surface area contributed by atoms with E-state index in [9.17, 15) is 9.59 Å². The number of anilines is 1. The molecule has 1 aliphatic rings. The van der Waals surface area contributed by atoms with Crippen LogP contribution < -0.4 is 10.6 Å². The first-order valence-electron chi connectivity index (χ1n) is 6.53. The van der Waals surface area contributed by atoms with Crippen LogP contribution in [0.15, 0.2) is 22.7 Å². The Hall–Kier alpha value is -1.56. The topological polar surface area (TPSA) is 78.4 Å². The van der Waals surface area contributed by atoms with Crippen LogP contribution in [0, 0.1) is 12.8 Å². The van der Waals surface area contributed by atoms with E-state index in [2.05, 4.69) is 26.6 Å². The molecule has 1 saturated carbocycles.